The molecule has 0 aromatic rings. The van der Waals surface area contributed by atoms with Crippen LogP contribution in [-0.4, -0.2) is 66.0 Å². The van der Waals surface area contributed by atoms with E-state index >= 15 is 0 Å². The number of carbonyl (C=O) groups excluding carboxylic acids is 3. The highest BCUT2D eigenvalue weighted by Crippen LogP contribution is 2.05. The first-order chi connectivity index (χ1) is 13.9. The molecular weight excluding hydrogens is 394 g/mol. The minimum atomic E-state index is -1.18. The molecule has 0 bridgehead atoms. The molecule has 0 spiro atoms. The molecule has 0 fully saturated rings. The highest BCUT2D eigenvalue weighted by molar-refractivity contribution is 5.92. The first-order valence-corrected chi connectivity index (χ1v) is 9.78. The number of amides is 3. The van der Waals surface area contributed by atoms with Gasteiger partial charge in [-0.25, -0.2) is 4.79 Å². The topological polar surface area (TPSA) is 215 Å². The quantitative estimate of drug-likeness (QED) is 0.0970. The number of aliphatic carboxylic acids is 1. The number of nitrogens with two attached hydrogens (primary N) is 3. The number of guanidine groups is 1. The Kier molecular flexibility index (Phi) is 12.1. The lowest BCUT2D eigenvalue weighted by molar-refractivity contribution is -0.143. The Morgan fingerprint density at radius 2 is 1.57 bits per heavy atom. The molecule has 0 rings (SSSR count). The fourth-order valence-electron chi connectivity index (χ4n) is 2.37. The van der Waals surface area contributed by atoms with Crippen molar-refractivity contribution in [2.45, 2.75) is 58.7 Å². The summed E-state index contributed by atoms with van der Waals surface area (Å²) in [5.41, 5.74) is 16.2. The first-order valence-electron chi connectivity index (χ1n) is 9.78. The van der Waals surface area contributed by atoms with Crippen molar-refractivity contribution >= 4 is 29.7 Å². The third-order valence-corrected chi connectivity index (χ3v) is 4.27. The van der Waals surface area contributed by atoms with Crippen LogP contribution in [0.3, 0.4) is 0 Å². The third kappa shape index (κ3) is 10.6. The minimum absolute atomic E-state index is 0.102. The average molecular weight is 430 g/mol. The predicted octanol–water partition coefficient (Wildman–Crippen LogP) is -2.15. The van der Waals surface area contributed by atoms with Gasteiger partial charge < -0.3 is 38.3 Å². The van der Waals surface area contributed by atoms with Gasteiger partial charge in [0.2, 0.25) is 17.7 Å². The Hall–Kier alpha value is -2.89. The van der Waals surface area contributed by atoms with E-state index in [1.807, 2.05) is 0 Å². The number of nitrogens with one attached hydrogen (secondary N) is 3. The third-order valence-electron chi connectivity index (χ3n) is 4.27. The van der Waals surface area contributed by atoms with E-state index in [-0.39, 0.29) is 37.3 Å². The highest BCUT2D eigenvalue weighted by atomic mass is 16.4. The molecule has 0 aromatic heterocycles. The zero-order chi connectivity index (χ0) is 23.4. The number of hydrogen-bond donors (Lipinski definition) is 7. The van der Waals surface area contributed by atoms with E-state index in [0.717, 1.165) is 0 Å². The fraction of sp³-hybridized carbons (Fsp3) is 0.722. The van der Waals surface area contributed by atoms with Gasteiger partial charge in [-0.2, -0.15) is 0 Å². The van der Waals surface area contributed by atoms with Gasteiger partial charge in [0.05, 0.1) is 12.6 Å². The number of rotatable bonds is 13. The van der Waals surface area contributed by atoms with Crippen LogP contribution in [0, 0.1) is 11.8 Å². The van der Waals surface area contributed by atoms with Crippen molar-refractivity contribution in [1.29, 1.82) is 0 Å². The molecule has 3 atom stereocenters. The van der Waals surface area contributed by atoms with E-state index in [9.17, 15) is 24.3 Å². The van der Waals surface area contributed by atoms with Crippen LogP contribution in [0.1, 0.15) is 40.5 Å². The summed E-state index contributed by atoms with van der Waals surface area (Å²) in [4.78, 5) is 51.8. The SMILES string of the molecule is CC(C)C(N)C(=O)NCC(=O)NC(CCCN=C(N)N)C(=O)NC(C(=O)O)C(C)C. The Labute approximate surface area is 176 Å². The molecule has 0 saturated carbocycles. The zero-order valence-corrected chi connectivity index (χ0v) is 18.0. The van der Waals surface area contributed by atoms with E-state index in [4.69, 9.17) is 17.2 Å². The lowest BCUT2D eigenvalue weighted by Gasteiger charge is -2.23. The predicted molar refractivity (Wildman–Crippen MR) is 112 cm³/mol. The number of carboxylic acid groups (broad SMARTS) is 1. The number of carbonyl (C=O) groups is 4. The van der Waals surface area contributed by atoms with E-state index in [2.05, 4.69) is 20.9 Å². The molecule has 12 nitrogen and oxygen atoms in total. The summed E-state index contributed by atoms with van der Waals surface area (Å²) in [5, 5.41) is 16.6. The van der Waals surface area contributed by atoms with Crippen LogP contribution >= 0.6 is 0 Å². The van der Waals surface area contributed by atoms with Crippen molar-refractivity contribution in [3.8, 4) is 0 Å². The van der Waals surface area contributed by atoms with Crippen molar-refractivity contribution in [2.75, 3.05) is 13.1 Å². The molecule has 0 aromatic carbocycles. The van der Waals surface area contributed by atoms with Crippen LogP contribution < -0.4 is 33.2 Å². The maximum absolute atomic E-state index is 12.6. The van der Waals surface area contributed by atoms with Crippen molar-refractivity contribution in [3.05, 3.63) is 0 Å². The molecule has 0 saturated heterocycles. The van der Waals surface area contributed by atoms with E-state index in [0.29, 0.717) is 6.42 Å². The summed E-state index contributed by atoms with van der Waals surface area (Å²) in [7, 11) is 0. The molecule has 30 heavy (non-hydrogen) atoms. The molecule has 12 heteroatoms. The summed E-state index contributed by atoms with van der Waals surface area (Å²) < 4.78 is 0. The van der Waals surface area contributed by atoms with Gasteiger partial charge in [-0.05, 0) is 24.7 Å². The summed E-state index contributed by atoms with van der Waals surface area (Å²) in [6, 6.07) is -2.90. The standard InChI is InChI=1S/C18H35N7O5/c1-9(2)13(19)16(28)23-8-12(26)24-11(6-5-7-22-18(20)21)15(27)25-14(10(3)4)17(29)30/h9-11,13-14H,5-8,19H2,1-4H3,(H,23,28)(H,24,26)(H,25,27)(H,29,30)(H4,20,21,22). The maximum atomic E-state index is 12.6. The Bertz CT molecular complexity index is 632. The lowest BCUT2D eigenvalue weighted by Crippen LogP contribution is -2.55. The summed E-state index contributed by atoms with van der Waals surface area (Å²) in [5.74, 6) is -3.50. The van der Waals surface area contributed by atoms with Gasteiger partial charge in [-0.3, -0.25) is 19.4 Å². The van der Waals surface area contributed by atoms with Crippen LogP contribution in [0.2, 0.25) is 0 Å². The van der Waals surface area contributed by atoms with Crippen LogP contribution in [0.25, 0.3) is 0 Å². The van der Waals surface area contributed by atoms with Crippen molar-refractivity contribution < 1.29 is 24.3 Å². The molecule has 0 aliphatic heterocycles. The van der Waals surface area contributed by atoms with E-state index < -0.39 is 41.8 Å². The molecule has 3 amide bonds. The molecule has 0 heterocycles. The molecule has 10 N–H and O–H groups in total. The van der Waals surface area contributed by atoms with Gasteiger partial charge in [0.1, 0.15) is 12.1 Å². The van der Waals surface area contributed by atoms with E-state index in [1.54, 1.807) is 27.7 Å². The number of hydrogen-bond acceptors (Lipinski definition) is 6. The lowest BCUT2D eigenvalue weighted by atomic mass is 10.0. The van der Waals surface area contributed by atoms with Crippen molar-refractivity contribution in [2.24, 2.45) is 34.0 Å². The van der Waals surface area contributed by atoms with Crippen LogP contribution in [0.15, 0.2) is 4.99 Å². The van der Waals surface area contributed by atoms with Crippen LogP contribution in [-0.2, 0) is 19.2 Å². The zero-order valence-electron chi connectivity index (χ0n) is 18.0. The fourth-order valence-corrected chi connectivity index (χ4v) is 2.37. The smallest absolute Gasteiger partial charge is 0.326 e. The van der Waals surface area contributed by atoms with E-state index in [1.165, 1.54) is 0 Å². The number of carboxylic acids is 1. The normalized spacial score (nSPS) is 13.8. The monoisotopic (exact) mass is 429 g/mol. The summed E-state index contributed by atoms with van der Waals surface area (Å²) >= 11 is 0. The average Bonchev–Trinajstić information content (AvgIpc) is 2.64. The maximum Gasteiger partial charge on any atom is 0.326 e. The van der Waals surface area contributed by atoms with Gasteiger partial charge in [0.25, 0.3) is 0 Å². The number of aliphatic imine (C=N–C) groups is 1. The summed E-state index contributed by atoms with van der Waals surface area (Å²) in [6.07, 6.45) is 0.526. The first kappa shape index (κ1) is 27.1. The molecular formula is C18H35N7O5. The van der Waals surface area contributed by atoms with Gasteiger partial charge in [-0.1, -0.05) is 27.7 Å². The van der Waals surface area contributed by atoms with Crippen molar-refractivity contribution in [3.63, 3.8) is 0 Å². The Morgan fingerprint density at radius 1 is 0.967 bits per heavy atom. The second-order valence-electron chi connectivity index (χ2n) is 7.63. The Balaban J connectivity index is 5.04. The molecule has 172 valence electrons. The second-order valence-corrected chi connectivity index (χ2v) is 7.63. The number of nitrogens with zero attached hydrogens (tertiary/aromatic N) is 1. The van der Waals surface area contributed by atoms with Gasteiger partial charge >= 0.3 is 5.97 Å². The minimum Gasteiger partial charge on any atom is -0.480 e. The van der Waals surface area contributed by atoms with Crippen LogP contribution in [0.4, 0.5) is 0 Å². The highest BCUT2D eigenvalue weighted by Gasteiger charge is 2.28. The second kappa shape index (κ2) is 13.4. The van der Waals surface area contributed by atoms with Crippen molar-refractivity contribution in [1.82, 2.24) is 16.0 Å². The van der Waals surface area contributed by atoms with Gasteiger partial charge in [0.15, 0.2) is 5.96 Å². The van der Waals surface area contributed by atoms with Gasteiger partial charge in [-0.15, -0.1) is 0 Å². The largest absolute Gasteiger partial charge is 0.480 e. The molecule has 0 aliphatic rings. The van der Waals surface area contributed by atoms with Gasteiger partial charge in [0, 0.05) is 6.54 Å². The molecule has 0 aliphatic carbocycles. The Morgan fingerprint density at radius 3 is 2.03 bits per heavy atom. The molecule has 3 unspecified atom stereocenters. The van der Waals surface area contributed by atoms with Crippen LogP contribution in [0.5, 0.6) is 0 Å². The molecule has 0 radical (unpaired) electrons. The summed E-state index contributed by atoms with van der Waals surface area (Å²) in [6.45, 7) is 6.71.